The Morgan fingerprint density at radius 1 is 1.39 bits per heavy atom. The van der Waals surface area contributed by atoms with E-state index in [1.54, 1.807) is 7.11 Å². The van der Waals surface area contributed by atoms with E-state index in [2.05, 4.69) is 19.2 Å². The first-order valence-corrected chi connectivity index (χ1v) is 6.93. The van der Waals surface area contributed by atoms with Gasteiger partial charge >= 0.3 is 5.97 Å². The lowest BCUT2D eigenvalue weighted by atomic mass is 9.85. The van der Waals surface area contributed by atoms with Crippen LogP contribution in [0.4, 0.5) is 0 Å². The Kier molecular flexibility index (Phi) is 6.09. The first-order valence-electron chi connectivity index (χ1n) is 6.93. The Hall–Kier alpha value is -0.610. The van der Waals surface area contributed by atoms with Crippen LogP contribution in [0.2, 0.25) is 0 Å². The average molecular weight is 257 g/mol. The summed E-state index contributed by atoms with van der Waals surface area (Å²) in [6.45, 7) is 7.27. The van der Waals surface area contributed by atoms with E-state index in [0.29, 0.717) is 12.6 Å². The molecule has 0 heterocycles. The van der Waals surface area contributed by atoms with E-state index >= 15 is 0 Å². The van der Waals surface area contributed by atoms with Crippen molar-refractivity contribution in [2.75, 3.05) is 20.3 Å². The van der Waals surface area contributed by atoms with Crippen molar-refractivity contribution < 1.29 is 14.3 Å². The Bertz CT molecular complexity index is 266. The van der Waals surface area contributed by atoms with Crippen LogP contribution in [0.1, 0.15) is 46.5 Å². The summed E-state index contributed by atoms with van der Waals surface area (Å²) in [6, 6.07) is 0.405. The van der Waals surface area contributed by atoms with E-state index in [9.17, 15) is 4.79 Å². The van der Waals surface area contributed by atoms with Gasteiger partial charge in [0.2, 0.25) is 0 Å². The molecule has 0 saturated heterocycles. The summed E-state index contributed by atoms with van der Waals surface area (Å²) < 4.78 is 10.5. The van der Waals surface area contributed by atoms with Gasteiger partial charge in [-0.2, -0.15) is 0 Å². The predicted octanol–water partition coefficient (Wildman–Crippen LogP) is 2.12. The Morgan fingerprint density at radius 2 is 2.11 bits per heavy atom. The van der Waals surface area contributed by atoms with Crippen LogP contribution < -0.4 is 5.32 Å². The van der Waals surface area contributed by atoms with E-state index in [0.717, 1.165) is 32.2 Å². The van der Waals surface area contributed by atoms with Crippen molar-refractivity contribution in [3.8, 4) is 0 Å². The van der Waals surface area contributed by atoms with E-state index in [1.807, 2.05) is 6.92 Å². The summed E-state index contributed by atoms with van der Waals surface area (Å²) in [4.78, 5) is 11.7. The molecule has 2 unspecified atom stereocenters. The number of carbonyl (C=O) groups excluding carboxylic acids is 1. The number of ether oxygens (including phenoxy) is 2. The molecule has 1 aliphatic carbocycles. The van der Waals surface area contributed by atoms with Crippen LogP contribution in [0.25, 0.3) is 0 Å². The molecule has 1 fully saturated rings. The van der Waals surface area contributed by atoms with Crippen molar-refractivity contribution in [1.29, 1.82) is 0 Å². The van der Waals surface area contributed by atoms with Gasteiger partial charge in [-0.15, -0.1) is 0 Å². The maximum atomic E-state index is 11.7. The second-order valence-corrected chi connectivity index (χ2v) is 5.66. The van der Waals surface area contributed by atoms with Crippen LogP contribution in [0, 0.1) is 5.92 Å². The topological polar surface area (TPSA) is 47.6 Å². The quantitative estimate of drug-likeness (QED) is 0.740. The molecule has 1 saturated carbocycles. The van der Waals surface area contributed by atoms with E-state index in [-0.39, 0.29) is 17.5 Å². The highest BCUT2D eigenvalue weighted by Crippen LogP contribution is 2.25. The molecule has 0 aromatic rings. The molecule has 0 aliphatic heterocycles. The molecule has 4 heteroatoms. The predicted molar refractivity (Wildman–Crippen MR) is 71.5 cm³/mol. The number of methoxy groups -OCH3 is 1. The van der Waals surface area contributed by atoms with Gasteiger partial charge in [-0.25, -0.2) is 0 Å². The largest absolute Gasteiger partial charge is 0.466 e. The number of rotatable bonds is 6. The second kappa shape index (κ2) is 7.10. The molecule has 0 amide bonds. The number of hydrogen-bond donors (Lipinski definition) is 1. The Morgan fingerprint density at radius 3 is 2.72 bits per heavy atom. The molecule has 18 heavy (non-hydrogen) atoms. The van der Waals surface area contributed by atoms with Crippen molar-refractivity contribution in [3.63, 3.8) is 0 Å². The molecular weight excluding hydrogens is 230 g/mol. The zero-order valence-corrected chi connectivity index (χ0v) is 12.1. The molecular formula is C14H27NO3. The van der Waals surface area contributed by atoms with Crippen molar-refractivity contribution >= 4 is 5.97 Å². The lowest BCUT2D eigenvalue weighted by Gasteiger charge is -2.32. The molecule has 0 aromatic heterocycles. The highest BCUT2D eigenvalue weighted by atomic mass is 16.5. The minimum Gasteiger partial charge on any atom is -0.466 e. The molecule has 4 nitrogen and oxygen atoms in total. The minimum absolute atomic E-state index is 0.0324. The zero-order valence-electron chi connectivity index (χ0n) is 12.1. The molecule has 0 bridgehead atoms. The lowest BCUT2D eigenvalue weighted by Crippen LogP contribution is -2.44. The molecule has 1 rings (SSSR count). The second-order valence-electron chi connectivity index (χ2n) is 5.66. The van der Waals surface area contributed by atoms with Crippen LogP contribution >= 0.6 is 0 Å². The van der Waals surface area contributed by atoms with Crippen molar-refractivity contribution in [2.24, 2.45) is 5.92 Å². The van der Waals surface area contributed by atoms with Gasteiger partial charge in [0, 0.05) is 19.7 Å². The third kappa shape index (κ3) is 4.94. The molecule has 1 aliphatic rings. The summed E-state index contributed by atoms with van der Waals surface area (Å²) in [5, 5.41) is 3.51. The van der Waals surface area contributed by atoms with Gasteiger partial charge in [0.25, 0.3) is 0 Å². The molecule has 0 aromatic carbocycles. The van der Waals surface area contributed by atoms with E-state index in [4.69, 9.17) is 9.47 Å². The molecule has 106 valence electrons. The molecule has 1 N–H and O–H groups in total. The first kappa shape index (κ1) is 15.4. The zero-order chi connectivity index (χ0) is 13.6. The summed E-state index contributed by atoms with van der Waals surface area (Å²) in [5.41, 5.74) is -0.156. The summed E-state index contributed by atoms with van der Waals surface area (Å²) in [7, 11) is 1.73. The van der Waals surface area contributed by atoms with Crippen LogP contribution in [-0.4, -0.2) is 37.9 Å². The van der Waals surface area contributed by atoms with Crippen LogP contribution in [0.15, 0.2) is 0 Å². The fourth-order valence-electron chi connectivity index (χ4n) is 2.31. The van der Waals surface area contributed by atoms with Crippen molar-refractivity contribution in [3.05, 3.63) is 0 Å². The normalized spacial score (nSPS) is 24.9. The number of esters is 1. The smallest absolute Gasteiger partial charge is 0.308 e. The Balaban J connectivity index is 2.37. The Labute approximate surface area is 110 Å². The monoisotopic (exact) mass is 257 g/mol. The summed E-state index contributed by atoms with van der Waals surface area (Å²) >= 11 is 0. The van der Waals surface area contributed by atoms with Crippen LogP contribution in [-0.2, 0) is 14.3 Å². The summed E-state index contributed by atoms with van der Waals surface area (Å²) in [6.07, 6.45) is 4.08. The van der Waals surface area contributed by atoms with Crippen LogP contribution in [0.5, 0.6) is 0 Å². The van der Waals surface area contributed by atoms with E-state index < -0.39 is 0 Å². The summed E-state index contributed by atoms with van der Waals surface area (Å²) in [5.74, 6) is 0.0388. The minimum atomic E-state index is -0.156. The van der Waals surface area contributed by atoms with Gasteiger partial charge in [0.05, 0.1) is 18.1 Å². The van der Waals surface area contributed by atoms with Gasteiger partial charge in [-0.1, -0.05) is 6.42 Å². The van der Waals surface area contributed by atoms with Crippen LogP contribution in [0.3, 0.4) is 0 Å². The van der Waals surface area contributed by atoms with Crippen molar-refractivity contribution in [2.45, 2.75) is 58.1 Å². The number of nitrogens with one attached hydrogen (secondary N) is 1. The van der Waals surface area contributed by atoms with E-state index in [1.165, 1.54) is 0 Å². The SMILES string of the molecule is CCOC(=O)C1CCCC(NCC(C)(C)OC)C1. The average Bonchev–Trinajstić information content (AvgIpc) is 2.37. The number of carbonyl (C=O) groups is 1. The van der Waals surface area contributed by atoms with Gasteiger partial charge in [0.1, 0.15) is 0 Å². The van der Waals surface area contributed by atoms with Gasteiger partial charge in [-0.3, -0.25) is 4.79 Å². The number of hydrogen-bond acceptors (Lipinski definition) is 4. The maximum Gasteiger partial charge on any atom is 0.308 e. The third-order valence-electron chi connectivity index (χ3n) is 3.66. The fraction of sp³-hybridized carbons (Fsp3) is 0.929. The molecule has 0 spiro atoms. The molecule has 0 radical (unpaired) electrons. The maximum absolute atomic E-state index is 11.7. The van der Waals surface area contributed by atoms with Gasteiger partial charge < -0.3 is 14.8 Å². The molecule has 2 atom stereocenters. The third-order valence-corrected chi connectivity index (χ3v) is 3.66. The van der Waals surface area contributed by atoms with Gasteiger partial charge in [0.15, 0.2) is 0 Å². The highest BCUT2D eigenvalue weighted by molar-refractivity contribution is 5.72. The van der Waals surface area contributed by atoms with Gasteiger partial charge in [-0.05, 0) is 40.0 Å². The van der Waals surface area contributed by atoms with Crippen molar-refractivity contribution in [1.82, 2.24) is 5.32 Å². The standard InChI is InChI=1S/C14H27NO3/c1-5-18-13(16)11-7-6-8-12(9-11)15-10-14(2,3)17-4/h11-12,15H,5-10H2,1-4H3. The lowest BCUT2D eigenvalue weighted by molar-refractivity contribution is -0.149. The highest BCUT2D eigenvalue weighted by Gasteiger charge is 2.29. The fourth-order valence-corrected chi connectivity index (χ4v) is 2.31. The first-order chi connectivity index (χ1) is 8.48.